The number of carbonyl (C=O) groups is 2. The predicted octanol–water partition coefficient (Wildman–Crippen LogP) is 4.81. The van der Waals surface area contributed by atoms with E-state index >= 15 is 0 Å². The fourth-order valence-corrected chi connectivity index (χ4v) is 4.78. The minimum atomic E-state index is -0.246. The Labute approximate surface area is 192 Å². The molecule has 0 saturated carbocycles. The van der Waals surface area contributed by atoms with Gasteiger partial charge in [-0.3, -0.25) is 19.0 Å². The maximum Gasteiger partial charge on any atom is 0.262 e. The van der Waals surface area contributed by atoms with Crippen molar-refractivity contribution in [2.45, 2.75) is 32.5 Å². The largest absolute Gasteiger partial charge is 0.467 e. The second-order valence-corrected chi connectivity index (χ2v) is 8.80. The number of rotatable bonds is 7. The summed E-state index contributed by atoms with van der Waals surface area (Å²) in [5.74, 6) is 0.350. The van der Waals surface area contributed by atoms with Crippen molar-refractivity contribution in [1.82, 2.24) is 14.5 Å². The number of benzene rings is 1. The zero-order chi connectivity index (χ0) is 23.0. The number of carbonyl (C=O) groups excluding carboxylic acids is 2. The van der Waals surface area contributed by atoms with Crippen LogP contribution in [-0.4, -0.2) is 31.9 Å². The molecule has 0 amide bonds. The topological polar surface area (TPSA) is 98.0 Å². The number of aromatic nitrogens is 3. The molecule has 0 aliphatic heterocycles. The highest BCUT2D eigenvalue weighted by atomic mass is 35.5. The first-order chi connectivity index (χ1) is 15.3. The van der Waals surface area contributed by atoms with E-state index in [4.69, 9.17) is 16.0 Å². The third kappa shape index (κ3) is 4.16. The van der Waals surface area contributed by atoms with Crippen molar-refractivity contribution in [2.24, 2.45) is 0 Å². The number of furan rings is 1. The Morgan fingerprint density at radius 2 is 2.03 bits per heavy atom. The average molecular weight is 470 g/mol. The fourth-order valence-electron chi connectivity index (χ4n) is 3.74. The van der Waals surface area contributed by atoms with Gasteiger partial charge in [-0.1, -0.05) is 23.4 Å². The molecule has 32 heavy (non-hydrogen) atoms. The Morgan fingerprint density at radius 1 is 1.25 bits per heavy atom. The van der Waals surface area contributed by atoms with Crippen molar-refractivity contribution in [2.75, 3.05) is 5.75 Å². The molecular weight excluding hydrogens is 450 g/mol. The van der Waals surface area contributed by atoms with Gasteiger partial charge in [0, 0.05) is 16.3 Å². The summed E-state index contributed by atoms with van der Waals surface area (Å²) in [6, 6.07) is 8.42. The fraction of sp³-hybridized carbons (Fsp3) is 0.217. The summed E-state index contributed by atoms with van der Waals surface area (Å²) in [7, 11) is 0. The molecule has 1 N–H and O–H groups in total. The van der Waals surface area contributed by atoms with Gasteiger partial charge in [0.05, 0.1) is 35.2 Å². The van der Waals surface area contributed by atoms with Gasteiger partial charge >= 0.3 is 0 Å². The average Bonchev–Trinajstić information content (AvgIpc) is 3.35. The van der Waals surface area contributed by atoms with E-state index in [-0.39, 0.29) is 29.4 Å². The number of H-pyrrole nitrogens is 1. The van der Waals surface area contributed by atoms with Crippen LogP contribution < -0.4 is 5.56 Å². The molecule has 0 radical (unpaired) electrons. The lowest BCUT2D eigenvalue weighted by Gasteiger charge is -2.12. The molecule has 4 rings (SSSR count). The van der Waals surface area contributed by atoms with Gasteiger partial charge in [0.1, 0.15) is 5.76 Å². The normalized spacial score (nSPS) is 11.2. The zero-order valence-electron chi connectivity index (χ0n) is 17.7. The van der Waals surface area contributed by atoms with Crippen LogP contribution in [0.3, 0.4) is 0 Å². The number of hydrogen-bond acceptors (Lipinski definition) is 6. The van der Waals surface area contributed by atoms with Gasteiger partial charge < -0.3 is 9.40 Å². The molecule has 1 aromatic carbocycles. The minimum absolute atomic E-state index is 0.0365. The summed E-state index contributed by atoms with van der Waals surface area (Å²) in [6.45, 7) is 5.18. The maximum atomic E-state index is 13.2. The second kappa shape index (κ2) is 8.80. The Morgan fingerprint density at radius 3 is 2.69 bits per heavy atom. The first kappa shape index (κ1) is 22.1. The van der Waals surface area contributed by atoms with E-state index in [0.29, 0.717) is 49.4 Å². The van der Waals surface area contributed by atoms with E-state index in [9.17, 15) is 14.4 Å². The van der Waals surface area contributed by atoms with E-state index in [1.165, 1.54) is 17.8 Å². The predicted molar refractivity (Wildman–Crippen MR) is 124 cm³/mol. The molecule has 164 valence electrons. The lowest BCUT2D eigenvalue weighted by atomic mass is 10.1. The number of halogens is 1. The number of hydrogen-bond donors (Lipinski definition) is 1. The first-order valence-electron chi connectivity index (χ1n) is 9.85. The molecule has 0 atom stereocenters. The molecule has 7 nitrogen and oxygen atoms in total. The van der Waals surface area contributed by atoms with Gasteiger partial charge in [0.2, 0.25) is 0 Å². The Bertz CT molecular complexity index is 1400. The van der Waals surface area contributed by atoms with Crippen molar-refractivity contribution in [1.29, 1.82) is 0 Å². The van der Waals surface area contributed by atoms with E-state index in [2.05, 4.69) is 9.97 Å². The number of ketones is 2. The summed E-state index contributed by atoms with van der Waals surface area (Å²) in [6.07, 6.45) is 1.54. The molecule has 0 saturated heterocycles. The number of aromatic amines is 1. The van der Waals surface area contributed by atoms with Gasteiger partial charge in [-0.15, -0.1) is 0 Å². The minimum Gasteiger partial charge on any atom is -0.467 e. The Balaban J connectivity index is 1.70. The number of nitrogens with one attached hydrogen (secondary N) is 1. The van der Waals surface area contributed by atoms with Crippen molar-refractivity contribution in [3.8, 4) is 0 Å². The van der Waals surface area contributed by atoms with Crippen molar-refractivity contribution < 1.29 is 14.0 Å². The van der Waals surface area contributed by atoms with E-state index in [1.807, 2.05) is 0 Å². The van der Waals surface area contributed by atoms with Crippen LogP contribution in [0, 0.1) is 13.8 Å². The van der Waals surface area contributed by atoms with Crippen LogP contribution in [0.15, 0.2) is 51.0 Å². The standard InChI is InChI=1S/C23H20ClN3O4S/c1-12-20(14(3)28)13(2)25-21(12)19(29)11-32-23-26-18-9-15(24)6-7-17(18)22(30)27(23)10-16-5-4-8-31-16/h4-9,25H,10-11H2,1-3H3. The molecule has 0 fully saturated rings. The van der Waals surface area contributed by atoms with E-state index < -0.39 is 0 Å². The molecule has 3 aromatic heterocycles. The summed E-state index contributed by atoms with van der Waals surface area (Å²) >= 11 is 7.24. The third-order valence-electron chi connectivity index (χ3n) is 5.18. The zero-order valence-corrected chi connectivity index (χ0v) is 19.3. The number of fused-ring (bicyclic) bond motifs is 1. The van der Waals surface area contributed by atoms with Crippen LogP contribution >= 0.6 is 23.4 Å². The van der Waals surface area contributed by atoms with Gasteiger partial charge in [0.15, 0.2) is 16.7 Å². The lowest BCUT2D eigenvalue weighted by molar-refractivity contribution is 0.101. The lowest BCUT2D eigenvalue weighted by Crippen LogP contribution is -2.24. The molecule has 9 heteroatoms. The Hall–Kier alpha value is -3.10. The SMILES string of the molecule is CC(=O)c1c(C)[nH]c(C(=O)CSc2nc3cc(Cl)ccc3c(=O)n2Cc2ccco2)c1C. The highest BCUT2D eigenvalue weighted by Gasteiger charge is 2.21. The van der Waals surface area contributed by atoms with E-state index in [0.717, 1.165) is 11.8 Å². The number of Topliss-reactive ketones (excluding diaryl/α,β-unsaturated/α-hetero) is 2. The second-order valence-electron chi connectivity index (χ2n) is 7.42. The monoisotopic (exact) mass is 469 g/mol. The van der Waals surface area contributed by atoms with Crippen molar-refractivity contribution in [3.05, 3.63) is 80.2 Å². The third-order valence-corrected chi connectivity index (χ3v) is 6.39. The van der Waals surface area contributed by atoms with Gasteiger partial charge in [-0.2, -0.15) is 0 Å². The Kier molecular flexibility index (Phi) is 6.08. The molecule has 0 bridgehead atoms. The van der Waals surface area contributed by atoms with Crippen molar-refractivity contribution >= 4 is 45.8 Å². The first-order valence-corrected chi connectivity index (χ1v) is 11.2. The van der Waals surface area contributed by atoms with Crippen LogP contribution in [0.1, 0.15) is 44.8 Å². The maximum absolute atomic E-state index is 13.2. The van der Waals surface area contributed by atoms with Crippen LogP contribution in [0.2, 0.25) is 5.02 Å². The molecular formula is C23H20ClN3O4S. The number of thioether (sulfide) groups is 1. The summed E-state index contributed by atoms with van der Waals surface area (Å²) in [5.41, 5.74) is 2.43. The summed E-state index contributed by atoms with van der Waals surface area (Å²) in [5, 5.41) is 1.27. The van der Waals surface area contributed by atoms with Crippen LogP contribution in [0.5, 0.6) is 0 Å². The van der Waals surface area contributed by atoms with Gasteiger partial charge in [0.25, 0.3) is 5.56 Å². The van der Waals surface area contributed by atoms with Crippen LogP contribution in [0.4, 0.5) is 0 Å². The number of aryl methyl sites for hydroxylation is 1. The molecule has 0 aliphatic carbocycles. The molecule has 0 spiro atoms. The molecule has 4 aromatic rings. The van der Waals surface area contributed by atoms with Crippen LogP contribution in [0.25, 0.3) is 10.9 Å². The summed E-state index contributed by atoms with van der Waals surface area (Å²) in [4.78, 5) is 45.6. The van der Waals surface area contributed by atoms with Gasteiger partial charge in [-0.25, -0.2) is 4.98 Å². The number of nitrogens with zero attached hydrogens (tertiary/aromatic N) is 2. The molecule has 0 aliphatic rings. The smallest absolute Gasteiger partial charge is 0.262 e. The van der Waals surface area contributed by atoms with Crippen LogP contribution in [-0.2, 0) is 6.54 Å². The van der Waals surface area contributed by atoms with Crippen molar-refractivity contribution in [3.63, 3.8) is 0 Å². The highest BCUT2D eigenvalue weighted by molar-refractivity contribution is 7.99. The van der Waals surface area contributed by atoms with Gasteiger partial charge in [-0.05, 0) is 56.7 Å². The summed E-state index contributed by atoms with van der Waals surface area (Å²) < 4.78 is 6.89. The van der Waals surface area contributed by atoms with E-state index in [1.54, 1.807) is 44.2 Å². The highest BCUT2D eigenvalue weighted by Crippen LogP contribution is 2.24. The quantitative estimate of drug-likeness (QED) is 0.237. The molecule has 0 unspecified atom stereocenters. The molecule has 3 heterocycles.